The van der Waals surface area contributed by atoms with Crippen molar-refractivity contribution in [2.24, 2.45) is 11.7 Å². The quantitative estimate of drug-likeness (QED) is 0.628. The van der Waals surface area contributed by atoms with E-state index in [-0.39, 0.29) is 0 Å². The third kappa shape index (κ3) is 2.27. The van der Waals surface area contributed by atoms with Crippen LogP contribution in [0.4, 0.5) is 0 Å². The van der Waals surface area contributed by atoms with Gasteiger partial charge in [0.25, 0.3) is 0 Å². The van der Waals surface area contributed by atoms with Gasteiger partial charge in [0.1, 0.15) is 0 Å². The summed E-state index contributed by atoms with van der Waals surface area (Å²) in [5.74, 6) is 0.915. The first-order valence-electron chi connectivity index (χ1n) is 4.25. The lowest BCUT2D eigenvalue weighted by Gasteiger charge is -2.13. The van der Waals surface area contributed by atoms with Crippen LogP contribution in [0.5, 0.6) is 0 Å². The van der Waals surface area contributed by atoms with Crippen LogP contribution >= 0.6 is 0 Å². The second-order valence-corrected chi connectivity index (χ2v) is 3.34. The number of nitrogens with zero attached hydrogens (tertiary/aromatic N) is 1. The predicted molar refractivity (Wildman–Crippen MR) is 43.9 cm³/mol. The van der Waals surface area contributed by atoms with E-state index in [1.165, 1.54) is 26.1 Å². The molecule has 10 heavy (non-hydrogen) atoms. The molecule has 0 aromatic heterocycles. The first-order valence-corrected chi connectivity index (χ1v) is 4.25. The maximum atomic E-state index is 5.41. The van der Waals surface area contributed by atoms with Gasteiger partial charge in [-0.15, -0.1) is 0 Å². The summed E-state index contributed by atoms with van der Waals surface area (Å²) in [6.07, 6.45) is 2.54. The van der Waals surface area contributed by atoms with Gasteiger partial charge in [-0.05, 0) is 38.4 Å². The highest BCUT2D eigenvalue weighted by molar-refractivity contribution is 4.71. The van der Waals surface area contributed by atoms with Crippen LogP contribution in [-0.4, -0.2) is 31.1 Å². The SMILES string of the molecule is CC1CCN(CCCN)C1. The van der Waals surface area contributed by atoms with Crippen LogP contribution in [0, 0.1) is 5.92 Å². The van der Waals surface area contributed by atoms with Gasteiger partial charge in [0.15, 0.2) is 0 Å². The second-order valence-electron chi connectivity index (χ2n) is 3.34. The Bertz CT molecular complexity index is 93.3. The van der Waals surface area contributed by atoms with Crippen molar-refractivity contribution in [1.29, 1.82) is 0 Å². The molecule has 0 aromatic carbocycles. The number of hydrogen-bond acceptors (Lipinski definition) is 2. The summed E-state index contributed by atoms with van der Waals surface area (Å²) < 4.78 is 0. The molecule has 1 saturated heterocycles. The number of likely N-dealkylation sites (tertiary alicyclic amines) is 1. The van der Waals surface area contributed by atoms with Crippen molar-refractivity contribution < 1.29 is 0 Å². The zero-order valence-corrected chi connectivity index (χ0v) is 6.84. The zero-order valence-electron chi connectivity index (χ0n) is 6.84. The highest BCUT2D eigenvalue weighted by Gasteiger charge is 2.16. The van der Waals surface area contributed by atoms with Gasteiger partial charge in [-0.3, -0.25) is 0 Å². The average molecular weight is 142 g/mol. The van der Waals surface area contributed by atoms with E-state index in [4.69, 9.17) is 5.73 Å². The fourth-order valence-corrected chi connectivity index (χ4v) is 1.54. The van der Waals surface area contributed by atoms with E-state index < -0.39 is 0 Å². The first kappa shape index (κ1) is 8.02. The maximum absolute atomic E-state index is 5.41. The Balaban J connectivity index is 2.06. The Morgan fingerprint density at radius 2 is 2.40 bits per heavy atom. The largest absolute Gasteiger partial charge is 0.330 e. The van der Waals surface area contributed by atoms with Crippen LogP contribution in [0.2, 0.25) is 0 Å². The summed E-state index contributed by atoms with van der Waals surface area (Å²) in [5.41, 5.74) is 5.41. The van der Waals surface area contributed by atoms with Crippen molar-refractivity contribution >= 4 is 0 Å². The average Bonchev–Trinajstić information content (AvgIpc) is 2.31. The molecule has 1 unspecified atom stereocenters. The molecule has 0 aromatic rings. The summed E-state index contributed by atoms with van der Waals surface area (Å²) in [5, 5.41) is 0. The molecule has 1 aliphatic heterocycles. The van der Waals surface area contributed by atoms with Gasteiger partial charge in [-0.2, -0.15) is 0 Å². The molecule has 1 fully saturated rings. The van der Waals surface area contributed by atoms with Gasteiger partial charge in [0.2, 0.25) is 0 Å². The third-order valence-corrected chi connectivity index (χ3v) is 2.19. The molecular weight excluding hydrogens is 124 g/mol. The lowest BCUT2D eigenvalue weighted by Crippen LogP contribution is -2.23. The summed E-state index contributed by atoms with van der Waals surface area (Å²) >= 11 is 0. The lowest BCUT2D eigenvalue weighted by atomic mass is 10.2. The van der Waals surface area contributed by atoms with E-state index in [0.29, 0.717) is 0 Å². The van der Waals surface area contributed by atoms with Gasteiger partial charge in [0.05, 0.1) is 0 Å². The summed E-state index contributed by atoms with van der Waals surface area (Å²) in [6.45, 7) is 6.95. The molecule has 2 heteroatoms. The topological polar surface area (TPSA) is 29.3 Å². The van der Waals surface area contributed by atoms with Crippen LogP contribution in [0.1, 0.15) is 19.8 Å². The van der Waals surface area contributed by atoms with Gasteiger partial charge in [-0.25, -0.2) is 0 Å². The Morgan fingerprint density at radius 1 is 1.60 bits per heavy atom. The molecular formula is C8H18N2. The number of rotatable bonds is 3. The molecule has 0 spiro atoms. The minimum atomic E-state index is 0.838. The van der Waals surface area contributed by atoms with Crippen molar-refractivity contribution in [2.75, 3.05) is 26.2 Å². The molecule has 1 atom stereocenters. The molecule has 0 aliphatic carbocycles. The molecule has 0 bridgehead atoms. The standard InChI is InChI=1S/C8H18N2/c1-8-3-6-10(7-8)5-2-4-9/h8H,2-7,9H2,1H3. The zero-order chi connectivity index (χ0) is 7.40. The van der Waals surface area contributed by atoms with E-state index >= 15 is 0 Å². The molecule has 1 heterocycles. The number of nitrogens with two attached hydrogens (primary N) is 1. The van der Waals surface area contributed by atoms with Crippen molar-refractivity contribution in [3.63, 3.8) is 0 Å². The van der Waals surface area contributed by atoms with Crippen LogP contribution in [-0.2, 0) is 0 Å². The van der Waals surface area contributed by atoms with Crippen LogP contribution < -0.4 is 5.73 Å². The molecule has 0 amide bonds. The Hall–Kier alpha value is -0.0800. The van der Waals surface area contributed by atoms with Gasteiger partial charge in [-0.1, -0.05) is 6.92 Å². The Labute approximate surface area is 63.4 Å². The van der Waals surface area contributed by atoms with E-state index in [1.807, 2.05) is 0 Å². The molecule has 2 N–H and O–H groups in total. The predicted octanol–water partition coefficient (Wildman–Crippen LogP) is 0.677. The molecule has 0 radical (unpaired) electrons. The summed E-state index contributed by atoms with van der Waals surface area (Å²) in [7, 11) is 0. The van der Waals surface area contributed by atoms with E-state index in [1.54, 1.807) is 0 Å². The molecule has 2 nitrogen and oxygen atoms in total. The normalized spacial score (nSPS) is 27.6. The highest BCUT2D eigenvalue weighted by atomic mass is 15.1. The van der Waals surface area contributed by atoms with Gasteiger partial charge < -0.3 is 10.6 Å². The number of hydrogen-bond donors (Lipinski definition) is 1. The monoisotopic (exact) mass is 142 g/mol. The fourth-order valence-electron chi connectivity index (χ4n) is 1.54. The fraction of sp³-hybridized carbons (Fsp3) is 1.00. The minimum Gasteiger partial charge on any atom is -0.330 e. The van der Waals surface area contributed by atoms with Crippen molar-refractivity contribution in [2.45, 2.75) is 19.8 Å². The smallest absolute Gasteiger partial charge is 0.000750 e. The second kappa shape index (κ2) is 3.94. The van der Waals surface area contributed by atoms with Crippen molar-refractivity contribution in [3.8, 4) is 0 Å². The minimum absolute atomic E-state index is 0.838. The highest BCUT2D eigenvalue weighted by Crippen LogP contribution is 2.14. The lowest BCUT2D eigenvalue weighted by molar-refractivity contribution is 0.325. The summed E-state index contributed by atoms with van der Waals surface area (Å²) in [4.78, 5) is 2.51. The van der Waals surface area contributed by atoms with Crippen molar-refractivity contribution in [3.05, 3.63) is 0 Å². The summed E-state index contributed by atoms with van der Waals surface area (Å²) in [6, 6.07) is 0. The first-order chi connectivity index (χ1) is 4.83. The third-order valence-electron chi connectivity index (χ3n) is 2.19. The van der Waals surface area contributed by atoms with E-state index in [9.17, 15) is 0 Å². The molecule has 1 rings (SSSR count). The molecule has 1 aliphatic rings. The van der Waals surface area contributed by atoms with Crippen LogP contribution in [0.15, 0.2) is 0 Å². The van der Waals surface area contributed by atoms with E-state index in [2.05, 4.69) is 11.8 Å². The van der Waals surface area contributed by atoms with Gasteiger partial charge >= 0.3 is 0 Å². The van der Waals surface area contributed by atoms with Crippen molar-refractivity contribution in [1.82, 2.24) is 4.90 Å². The molecule has 60 valence electrons. The van der Waals surface area contributed by atoms with E-state index in [0.717, 1.165) is 18.9 Å². The maximum Gasteiger partial charge on any atom is 0.000750 e. The Kier molecular flexibility index (Phi) is 3.16. The van der Waals surface area contributed by atoms with Gasteiger partial charge in [0, 0.05) is 6.54 Å². The molecule has 0 saturated carbocycles. The van der Waals surface area contributed by atoms with Crippen LogP contribution in [0.3, 0.4) is 0 Å². The Morgan fingerprint density at radius 3 is 2.90 bits per heavy atom. The van der Waals surface area contributed by atoms with Crippen LogP contribution in [0.25, 0.3) is 0 Å².